The Morgan fingerprint density at radius 3 is 2.53 bits per heavy atom. The fraction of sp³-hybridized carbons (Fsp3) is 0.250. The Morgan fingerprint density at radius 2 is 1.79 bits per heavy atom. The Labute approximate surface area is 222 Å². The van der Waals surface area contributed by atoms with E-state index in [4.69, 9.17) is 9.40 Å². The van der Waals surface area contributed by atoms with Gasteiger partial charge in [0.15, 0.2) is 0 Å². The van der Waals surface area contributed by atoms with Gasteiger partial charge >= 0.3 is 0 Å². The summed E-state index contributed by atoms with van der Waals surface area (Å²) in [6.45, 7) is 0. The number of aromatic hydroxyl groups is 1. The first kappa shape index (κ1) is 24.0. The summed E-state index contributed by atoms with van der Waals surface area (Å²) in [4.78, 5) is 18.5. The van der Waals surface area contributed by atoms with E-state index in [1.165, 1.54) is 19.3 Å². The molecule has 1 saturated carbocycles. The minimum atomic E-state index is -0.217. The molecule has 2 heterocycles. The minimum absolute atomic E-state index is 0.142. The molecule has 6 rings (SSSR count). The van der Waals surface area contributed by atoms with Gasteiger partial charge in [-0.05, 0) is 66.8 Å². The van der Waals surface area contributed by atoms with E-state index in [2.05, 4.69) is 9.88 Å². The van der Waals surface area contributed by atoms with Crippen molar-refractivity contribution >= 4 is 16.9 Å². The van der Waals surface area contributed by atoms with E-state index in [1.54, 1.807) is 24.7 Å². The van der Waals surface area contributed by atoms with Gasteiger partial charge in [0.2, 0.25) is 0 Å². The Balaban J connectivity index is 1.32. The molecule has 0 spiro atoms. The molecule has 5 aromatic rings. The van der Waals surface area contributed by atoms with Crippen molar-refractivity contribution < 1.29 is 14.3 Å². The number of aromatic nitrogens is 2. The molecule has 1 aliphatic rings. The van der Waals surface area contributed by atoms with E-state index >= 15 is 0 Å². The molecular formula is C32H31N3O3. The minimum Gasteiger partial charge on any atom is -0.508 e. The van der Waals surface area contributed by atoms with Crippen LogP contribution in [0.15, 0.2) is 95.8 Å². The number of phenols is 1. The first-order valence-corrected chi connectivity index (χ1v) is 13.3. The molecule has 1 unspecified atom stereocenters. The molecule has 1 atom stereocenters. The van der Waals surface area contributed by atoms with Crippen LogP contribution in [-0.4, -0.2) is 20.6 Å². The number of phenolic OH excluding ortho intramolecular Hbond substituents is 1. The molecule has 0 aliphatic heterocycles. The van der Waals surface area contributed by atoms with E-state index in [1.807, 2.05) is 66.7 Å². The lowest BCUT2D eigenvalue weighted by atomic mass is 9.95. The Bertz CT molecular complexity index is 1520. The molecule has 38 heavy (non-hydrogen) atoms. The van der Waals surface area contributed by atoms with Crippen LogP contribution in [0.4, 0.5) is 0 Å². The van der Waals surface area contributed by atoms with Crippen LogP contribution < -0.4 is 5.32 Å². The SMILES string of the molecule is O=C(NC(Cc1ccc(O)cc1)c1ccccc1)c1ccc2c(c1)nc(-c1ccoc1)n2C1CCCCC1. The monoisotopic (exact) mass is 505 g/mol. The molecule has 6 heteroatoms. The molecular weight excluding hydrogens is 474 g/mol. The second-order valence-electron chi connectivity index (χ2n) is 10.1. The van der Waals surface area contributed by atoms with Crippen molar-refractivity contribution in [3.05, 3.63) is 108 Å². The highest BCUT2D eigenvalue weighted by molar-refractivity contribution is 5.98. The van der Waals surface area contributed by atoms with Gasteiger partial charge in [0.05, 0.1) is 28.9 Å². The topological polar surface area (TPSA) is 80.3 Å². The van der Waals surface area contributed by atoms with E-state index < -0.39 is 0 Å². The van der Waals surface area contributed by atoms with Crippen LogP contribution in [0.2, 0.25) is 0 Å². The van der Waals surface area contributed by atoms with Crippen LogP contribution in [0.25, 0.3) is 22.4 Å². The van der Waals surface area contributed by atoms with Gasteiger partial charge in [-0.3, -0.25) is 4.79 Å². The van der Waals surface area contributed by atoms with Crippen molar-refractivity contribution in [2.24, 2.45) is 0 Å². The van der Waals surface area contributed by atoms with E-state index in [-0.39, 0.29) is 17.7 Å². The summed E-state index contributed by atoms with van der Waals surface area (Å²) in [7, 11) is 0. The average molecular weight is 506 g/mol. The van der Waals surface area contributed by atoms with Gasteiger partial charge < -0.3 is 19.4 Å². The quantitative estimate of drug-likeness (QED) is 0.245. The van der Waals surface area contributed by atoms with Crippen LogP contribution in [0.5, 0.6) is 5.75 Å². The Hall–Kier alpha value is -4.32. The van der Waals surface area contributed by atoms with Gasteiger partial charge in [0.25, 0.3) is 5.91 Å². The number of fused-ring (bicyclic) bond motifs is 1. The second kappa shape index (κ2) is 10.6. The predicted molar refractivity (Wildman–Crippen MR) is 148 cm³/mol. The standard InChI is InChI=1S/C32H31N3O3/c36-27-14-11-22(12-15-27)19-28(23-7-3-1-4-8-23)34-32(37)24-13-16-30-29(20-24)33-31(25-17-18-38-21-25)35(30)26-9-5-2-6-10-26/h1,3-4,7-8,11-18,20-21,26,28,36H,2,5-6,9-10,19H2,(H,34,37). The highest BCUT2D eigenvalue weighted by Gasteiger charge is 2.24. The number of benzene rings is 3. The lowest BCUT2D eigenvalue weighted by molar-refractivity contribution is 0.0936. The van der Waals surface area contributed by atoms with Gasteiger partial charge in [0, 0.05) is 11.6 Å². The number of rotatable bonds is 7. The lowest BCUT2D eigenvalue weighted by Crippen LogP contribution is -2.30. The number of hydrogen-bond acceptors (Lipinski definition) is 4. The number of imidazole rings is 1. The maximum atomic E-state index is 13.5. The summed E-state index contributed by atoms with van der Waals surface area (Å²) in [5.41, 5.74) is 5.46. The second-order valence-corrected chi connectivity index (χ2v) is 10.1. The van der Waals surface area contributed by atoms with E-state index in [0.717, 1.165) is 46.4 Å². The molecule has 3 aromatic carbocycles. The molecule has 2 N–H and O–H groups in total. The number of hydrogen-bond donors (Lipinski definition) is 2. The maximum absolute atomic E-state index is 13.5. The number of nitrogens with one attached hydrogen (secondary N) is 1. The molecule has 1 amide bonds. The van der Waals surface area contributed by atoms with Crippen LogP contribution in [0, 0.1) is 0 Å². The largest absolute Gasteiger partial charge is 0.508 e. The maximum Gasteiger partial charge on any atom is 0.251 e. The van der Waals surface area contributed by atoms with Crippen molar-refractivity contribution in [1.29, 1.82) is 0 Å². The van der Waals surface area contributed by atoms with Crippen molar-refractivity contribution in [2.45, 2.75) is 50.6 Å². The molecule has 192 valence electrons. The molecule has 0 saturated heterocycles. The fourth-order valence-electron chi connectivity index (χ4n) is 5.59. The van der Waals surface area contributed by atoms with Crippen molar-refractivity contribution in [2.75, 3.05) is 0 Å². The number of furan rings is 1. The average Bonchev–Trinajstić information content (AvgIpc) is 3.62. The summed E-state index contributed by atoms with van der Waals surface area (Å²) < 4.78 is 7.72. The smallest absolute Gasteiger partial charge is 0.251 e. The summed E-state index contributed by atoms with van der Waals surface area (Å²) in [6, 6.07) is 25.1. The fourth-order valence-corrected chi connectivity index (χ4v) is 5.59. The van der Waals surface area contributed by atoms with Gasteiger partial charge in [0.1, 0.15) is 17.8 Å². The van der Waals surface area contributed by atoms with Crippen LogP contribution >= 0.6 is 0 Å². The first-order valence-electron chi connectivity index (χ1n) is 13.3. The molecule has 2 aromatic heterocycles. The first-order chi connectivity index (χ1) is 18.7. The number of carbonyl (C=O) groups is 1. The van der Waals surface area contributed by atoms with Crippen LogP contribution in [0.3, 0.4) is 0 Å². The van der Waals surface area contributed by atoms with Gasteiger partial charge in [-0.1, -0.05) is 61.7 Å². The highest BCUT2D eigenvalue weighted by atomic mass is 16.3. The van der Waals surface area contributed by atoms with E-state index in [9.17, 15) is 9.90 Å². The van der Waals surface area contributed by atoms with Crippen LogP contribution in [-0.2, 0) is 6.42 Å². The number of amides is 1. The normalized spacial score (nSPS) is 14.9. The van der Waals surface area contributed by atoms with Gasteiger partial charge in [-0.2, -0.15) is 0 Å². The number of nitrogens with zero attached hydrogens (tertiary/aromatic N) is 2. The van der Waals surface area contributed by atoms with Crippen LogP contribution in [0.1, 0.15) is 65.7 Å². The predicted octanol–water partition coefficient (Wildman–Crippen LogP) is 7.22. The summed E-state index contributed by atoms with van der Waals surface area (Å²) in [6.07, 6.45) is 10.0. The zero-order valence-electron chi connectivity index (χ0n) is 21.2. The third kappa shape index (κ3) is 4.94. The Morgan fingerprint density at radius 1 is 1.00 bits per heavy atom. The number of carbonyl (C=O) groups excluding carboxylic acids is 1. The third-order valence-electron chi connectivity index (χ3n) is 7.55. The van der Waals surface area contributed by atoms with Gasteiger partial charge in [-0.15, -0.1) is 0 Å². The van der Waals surface area contributed by atoms with Crippen molar-refractivity contribution in [3.63, 3.8) is 0 Å². The zero-order chi connectivity index (χ0) is 25.9. The van der Waals surface area contributed by atoms with Gasteiger partial charge in [-0.25, -0.2) is 4.98 Å². The van der Waals surface area contributed by atoms with Crippen molar-refractivity contribution in [1.82, 2.24) is 14.9 Å². The highest BCUT2D eigenvalue weighted by Crippen LogP contribution is 2.36. The zero-order valence-corrected chi connectivity index (χ0v) is 21.2. The summed E-state index contributed by atoms with van der Waals surface area (Å²) >= 11 is 0. The molecule has 1 aliphatic carbocycles. The van der Waals surface area contributed by atoms with Crippen molar-refractivity contribution in [3.8, 4) is 17.1 Å². The lowest BCUT2D eigenvalue weighted by Gasteiger charge is -2.25. The van der Waals surface area contributed by atoms with E-state index in [0.29, 0.717) is 18.0 Å². The molecule has 6 nitrogen and oxygen atoms in total. The molecule has 0 radical (unpaired) electrons. The summed E-state index contributed by atoms with van der Waals surface area (Å²) in [5.74, 6) is 0.981. The summed E-state index contributed by atoms with van der Waals surface area (Å²) in [5, 5.41) is 12.9. The third-order valence-corrected chi connectivity index (χ3v) is 7.55. The molecule has 0 bridgehead atoms. The molecule has 1 fully saturated rings. The Kier molecular flexibility index (Phi) is 6.69.